The fourth-order valence-corrected chi connectivity index (χ4v) is 1.24. The van der Waals surface area contributed by atoms with E-state index < -0.39 is 0 Å². The van der Waals surface area contributed by atoms with E-state index in [-0.39, 0.29) is 5.78 Å². The maximum absolute atomic E-state index is 11.0. The van der Waals surface area contributed by atoms with Crippen molar-refractivity contribution in [1.29, 1.82) is 0 Å². The highest BCUT2D eigenvalue weighted by Crippen LogP contribution is 2.25. The molecule has 1 heterocycles. The van der Waals surface area contributed by atoms with E-state index in [9.17, 15) is 4.79 Å². The Morgan fingerprint density at radius 3 is 3.27 bits per heavy atom. The third kappa shape index (κ3) is 1.11. The van der Waals surface area contributed by atoms with Crippen molar-refractivity contribution < 1.29 is 9.53 Å². The van der Waals surface area contributed by atoms with Crippen molar-refractivity contribution >= 4 is 5.78 Å². The normalized spacial score (nSPS) is 21.6. The molecule has 0 bridgehead atoms. The molecule has 56 valence electrons. The second kappa shape index (κ2) is 2.38. The van der Waals surface area contributed by atoms with Crippen LogP contribution in [0.5, 0.6) is 0 Å². The first-order chi connectivity index (χ1) is 5.36. The summed E-state index contributed by atoms with van der Waals surface area (Å²) in [6.45, 7) is 0. The molecule has 0 unspecified atom stereocenters. The van der Waals surface area contributed by atoms with Gasteiger partial charge in [-0.25, -0.2) is 0 Å². The summed E-state index contributed by atoms with van der Waals surface area (Å²) in [6, 6.07) is 0. The standard InChI is InChI=1S/C9H8O2/c10-8-3-4-9-7(6-8)2-1-5-11-9/h1-2,4-5H,3,6H2. The molecule has 2 aliphatic rings. The van der Waals surface area contributed by atoms with Crippen LogP contribution in [0.1, 0.15) is 12.8 Å². The fourth-order valence-electron chi connectivity index (χ4n) is 1.24. The highest BCUT2D eigenvalue weighted by molar-refractivity contribution is 5.85. The van der Waals surface area contributed by atoms with Gasteiger partial charge in [-0.1, -0.05) is 6.08 Å². The minimum atomic E-state index is 0.263. The van der Waals surface area contributed by atoms with Crippen molar-refractivity contribution in [2.45, 2.75) is 12.8 Å². The Hall–Kier alpha value is -1.31. The molecule has 0 aromatic heterocycles. The first-order valence-electron chi connectivity index (χ1n) is 3.61. The van der Waals surface area contributed by atoms with Crippen molar-refractivity contribution in [3.05, 3.63) is 35.8 Å². The van der Waals surface area contributed by atoms with E-state index in [0.717, 1.165) is 11.3 Å². The topological polar surface area (TPSA) is 26.3 Å². The number of allylic oxidation sites excluding steroid dienone is 4. The molecule has 1 aliphatic carbocycles. The van der Waals surface area contributed by atoms with Crippen molar-refractivity contribution in [2.24, 2.45) is 0 Å². The number of hydrogen-bond acceptors (Lipinski definition) is 2. The minimum absolute atomic E-state index is 0.263. The molecule has 2 rings (SSSR count). The molecule has 2 nitrogen and oxygen atoms in total. The third-order valence-corrected chi connectivity index (χ3v) is 1.79. The number of ketones is 1. The number of carbonyl (C=O) groups is 1. The Kier molecular flexibility index (Phi) is 1.39. The van der Waals surface area contributed by atoms with E-state index in [1.165, 1.54) is 0 Å². The highest BCUT2D eigenvalue weighted by Gasteiger charge is 2.17. The molecule has 0 fully saturated rings. The van der Waals surface area contributed by atoms with E-state index in [1.807, 2.05) is 18.2 Å². The van der Waals surface area contributed by atoms with Gasteiger partial charge in [0.2, 0.25) is 0 Å². The van der Waals surface area contributed by atoms with Gasteiger partial charge in [0.15, 0.2) is 0 Å². The van der Waals surface area contributed by atoms with Crippen LogP contribution in [-0.4, -0.2) is 5.78 Å². The molecule has 0 amide bonds. The van der Waals surface area contributed by atoms with Gasteiger partial charge in [0, 0.05) is 18.4 Å². The van der Waals surface area contributed by atoms with Crippen LogP contribution in [0.4, 0.5) is 0 Å². The first kappa shape index (κ1) is 6.40. The zero-order valence-electron chi connectivity index (χ0n) is 6.04. The van der Waals surface area contributed by atoms with Crippen LogP contribution < -0.4 is 0 Å². The van der Waals surface area contributed by atoms with Gasteiger partial charge in [-0.15, -0.1) is 0 Å². The summed E-state index contributed by atoms with van der Waals surface area (Å²) in [5, 5.41) is 0. The molecule has 0 aromatic rings. The smallest absolute Gasteiger partial charge is 0.141 e. The summed E-state index contributed by atoms with van der Waals surface area (Å²) in [6.07, 6.45) is 8.24. The molecule has 0 aromatic carbocycles. The Labute approximate surface area is 64.9 Å². The number of carbonyl (C=O) groups excluding carboxylic acids is 1. The molecule has 0 N–H and O–H groups in total. The molecule has 0 spiro atoms. The number of rotatable bonds is 0. The van der Waals surface area contributed by atoms with E-state index in [1.54, 1.807) is 6.26 Å². The predicted molar refractivity (Wildman–Crippen MR) is 40.6 cm³/mol. The zero-order valence-corrected chi connectivity index (χ0v) is 6.04. The quantitative estimate of drug-likeness (QED) is 0.522. The van der Waals surface area contributed by atoms with Gasteiger partial charge in [0.05, 0.1) is 6.26 Å². The van der Waals surface area contributed by atoms with Crippen LogP contribution >= 0.6 is 0 Å². The predicted octanol–water partition coefficient (Wildman–Crippen LogP) is 1.70. The largest absolute Gasteiger partial charge is 0.465 e. The third-order valence-electron chi connectivity index (χ3n) is 1.79. The second-order valence-electron chi connectivity index (χ2n) is 2.63. The lowest BCUT2D eigenvalue weighted by Crippen LogP contribution is -2.09. The summed E-state index contributed by atoms with van der Waals surface area (Å²) in [5.74, 6) is 1.12. The van der Waals surface area contributed by atoms with E-state index in [2.05, 4.69) is 0 Å². The van der Waals surface area contributed by atoms with Gasteiger partial charge < -0.3 is 4.74 Å². The summed E-state index contributed by atoms with van der Waals surface area (Å²) < 4.78 is 5.19. The van der Waals surface area contributed by atoms with E-state index >= 15 is 0 Å². The number of Topliss-reactive ketones (excluding diaryl/α,β-unsaturated/α-hetero) is 1. The SMILES string of the molecule is O=C1CC=C2OC=CC=C2C1. The number of fused-ring (bicyclic) bond motifs is 1. The van der Waals surface area contributed by atoms with Gasteiger partial charge in [0.1, 0.15) is 11.5 Å². The van der Waals surface area contributed by atoms with Gasteiger partial charge in [-0.05, 0) is 12.2 Å². The van der Waals surface area contributed by atoms with Crippen molar-refractivity contribution in [2.75, 3.05) is 0 Å². The summed E-state index contributed by atoms with van der Waals surface area (Å²) in [4.78, 5) is 11.0. The lowest BCUT2D eigenvalue weighted by Gasteiger charge is -2.16. The molecule has 0 atom stereocenters. The van der Waals surface area contributed by atoms with Crippen molar-refractivity contribution in [3.8, 4) is 0 Å². The van der Waals surface area contributed by atoms with Crippen LogP contribution in [0.2, 0.25) is 0 Å². The van der Waals surface area contributed by atoms with Crippen LogP contribution in [0.25, 0.3) is 0 Å². The molecule has 0 radical (unpaired) electrons. The Balaban J connectivity index is 2.35. The van der Waals surface area contributed by atoms with Crippen molar-refractivity contribution in [1.82, 2.24) is 0 Å². The number of ether oxygens (including phenoxy) is 1. The summed E-state index contributed by atoms with van der Waals surface area (Å²) >= 11 is 0. The Morgan fingerprint density at radius 2 is 2.36 bits per heavy atom. The molecular weight excluding hydrogens is 140 g/mol. The average molecular weight is 148 g/mol. The average Bonchev–Trinajstić information content (AvgIpc) is 2.04. The van der Waals surface area contributed by atoms with E-state index in [0.29, 0.717) is 12.8 Å². The summed E-state index contributed by atoms with van der Waals surface area (Å²) in [7, 11) is 0. The van der Waals surface area contributed by atoms with Crippen LogP contribution in [0, 0.1) is 0 Å². The zero-order chi connectivity index (χ0) is 7.68. The lowest BCUT2D eigenvalue weighted by molar-refractivity contribution is -0.117. The molecule has 1 aliphatic heterocycles. The molecule has 11 heavy (non-hydrogen) atoms. The highest BCUT2D eigenvalue weighted by atomic mass is 16.5. The van der Waals surface area contributed by atoms with Gasteiger partial charge in [-0.2, -0.15) is 0 Å². The first-order valence-corrected chi connectivity index (χ1v) is 3.61. The molecule has 2 heteroatoms. The maximum atomic E-state index is 11.0. The van der Waals surface area contributed by atoms with Gasteiger partial charge >= 0.3 is 0 Å². The van der Waals surface area contributed by atoms with Gasteiger partial charge in [-0.3, -0.25) is 4.79 Å². The molecular formula is C9H8O2. The fraction of sp³-hybridized carbons (Fsp3) is 0.222. The monoisotopic (exact) mass is 148 g/mol. The Morgan fingerprint density at radius 1 is 1.45 bits per heavy atom. The maximum Gasteiger partial charge on any atom is 0.141 e. The minimum Gasteiger partial charge on any atom is -0.465 e. The van der Waals surface area contributed by atoms with E-state index in [4.69, 9.17) is 4.74 Å². The summed E-state index contributed by atoms with van der Waals surface area (Å²) in [5.41, 5.74) is 1.00. The lowest BCUT2D eigenvalue weighted by atomic mass is 9.98. The molecule has 0 saturated heterocycles. The van der Waals surface area contributed by atoms with Crippen LogP contribution in [0.15, 0.2) is 35.8 Å². The van der Waals surface area contributed by atoms with Crippen LogP contribution in [0.3, 0.4) is 0 Å². The van der Waals surface area contributed by atoms with Crippen LogP contribution in [-0.2, 0) is 9.53 Å². The Bertz CT molecular complexity index is 282. The van der Waals surface area contributed by atoms with Gasteiger partial charge in [0.25, 0.3) is 0 Å². The van der Waals surface area contributed by atoms with Crippen molar-refractivity contribution in [3.63, 3.8) is 0 Å². The second-order valence-corrected chi connectivity index (χ2v) is 2.63. The molecule has 0 saturated carbocycles. The number of hydrogen-bond donors (Lipinski definition) is 0.